The third-order valence-electron chi connectivity index (χ3n) is 4.50. The van der Waals surface area contributed by atoms with E-state index in [1.54, 1.807) is 11.1 Å². The summed E-state index contributed by atoms with van der Waals surface area (Å²) in [6.07, 6.45) is 1.50. The maximum Gasteiger partial charge on any atom is 0.304 e. The number of aromatic amines is 1. The van der Waals surface area contributed by atoms with Crippen LogP contribution in [0.2, 0.25) is 0 Å². The molecule has 0 aliphatic carbocycles. The fraction of sp³-hybridized carbons (Fsp3) is 0.421. The molecule has 2 heterocycles. The molecule has 1 aromatic heterocycles. The van der Waals surface area contributed by atoms with Gasteiger partial charge in [-0.1, -0.05) is 33.4 Å². The van der Waals surface area contributed by atoms with Gasteiger partial charge in [-0.15, -0.1) is 0 Å². The predicted octanol–water partition coefficient (Wildman–Crippen LogP) is 3.06. The Morgan fingerprint density at radius 2 is 2.16 bits per heavy atom. The van der Waals surface area contributed by atoms with E-state index in [0.717, 1.165) is 22.0 Å². The third-order valence-corrected chi connectivity index (χ3v) is 4.50. The molecule has 6 heteroatoms. The summed E-state index contributed by atoms with van der Waals surface area (Å²) in [6, 6.07) is 3.80. The first kappa shape index (κ1) is 17.2. The van der Waals surface area contributed by atoms with Gasteiger partial charge >= 0.3 is 5.97 Å². The Bertz CT molecular complexity index is 860. The number of hydrogen-bond acceptors (Lipinski definition) is 3. The van der Waals surface area contributed by atoms with Crippen molar-refractivity contribution in [1.29, 1.82) is 0 Å². The number of nitrogens with zero attached hydrogens (tertiary/aromatic N) is 2. The van der Waals surface area contributed by atoms with Gasteiger partial charge in [0.15, 0.2) is 0 Å². The molecule has 6 nitrogen and oxygen atoms in total. The number of carbonyl (C=O) groups excluding carboxylic acids is 1. The number of hydrogen-bond donors (Lipinski definition) is 2. The van der Waals surface area contributed by atoms with Crippen LogP contribution in [0, 0.1) is 11.3 Å². The molecule has 0 bridgehead atoms. The van der Waals surface area contributed by atoms with Gasteiger partial charge in [0.1, 0.15) is 0 Å². The van der Waals surface area contributed by atoms with Gasteiger partial charge in [-0.2, -0.15) is 5.10 Å². The van der Waals surface area contributed by atoms with Crippen molar-refractivity contribution in [3.63, 3.8) is 0 Å². The zero-order chi connectivity index (χ0) is 18.4. The molecule has 3 rings (SSSR count). The zero-order valence-electron chi connectivity index (χ0n) is 14.8. The molecule has 2 aromatic rings. The summed E-state index contributed by atoms with van der Waals surface area (Å²) in [4.78, 5) is 26.2. The lowest BCUT2D eigenvalue weighted by atomic mass is 9.88. The van der Waals surface area contributed by atoms with E-state index < -0.39 is 11.9 Å². The van der Waals surface area contributed by atoms with Gasteiger partial charge < -0.3 is 10.0 Å². The molecule has 1 amide bonds. The molecule has 0 radical (unpaired) electrons. The zero-order valence-corrected chi connectivity index (χ0v) is 14.8. The summed E-state index contributed by atoms with van der Waals surface area (Å²) in [5.41, 5.74) is 3.19. The van der Waals surface area contributed by atoms with Gasteiger partial charge in [0.25, 0.3) is 0 Å². The van der Waals surface area contributed by atoms with Crippen molar-refractivity contribution in [3.8, 4) is 0 Å². The Morgan fingerprint density at radius 3 is 2.80 bits per heavy atom. The van der Waals surface area contributed by atoms with Crippen LogP contribution in [-0.4, -0.2) is 38.6 Å². The van der Waals surface area contributed by atoms with Crippen LogP contribution < -0.4 is 0 Å². The summed E-state index contributed by atoms with van der Waals surface area (Å²) in [5.74, 6) is -1.91. The molecular formula is C19H23N3O3. The molecule has 1 aliphatic rings. The maximum atomic E-state index is 13.1. The second-order valence-electron chi connectivity index (χ2n) is 7.85. The van der Waals surface area contributed by atoms with Gasteiger partial charge in [0, 0.05) is 18.5 Å². The normalized spacial score (nSPS) is 18.4. The van der Waals surface area contributed by atoms with E-state index in [1.807, 2.05) is 12.1 Å². The Labute approximate surface area is 146 Å². The minimum Gasteiger partial charge on any atom is -0.481 e. The number of nitrogens with one attached hydrogen (secondary N) is 1. The highest BCUT2D eigenvalue weighted by Gasteiger charge is 2.36. The first-order valence-corrected chi connectivity index (χ1v) is 8.32. The average molecular weight is 341 g/mol. The number of fused-ring (bicyclic) bond motifs is 3. The largest absolute Gasteiger partial charge is 0.481 e. The number of aliphatic carboxylic acids is 1. The van der Waals surface area contributed by atoms with Crippen molar-refractivity contribution in [2.75, 3.05) is 6.54 Å². The highest BCUT2D eigenvalue weighted by molar-refractivity contribution is 5.99. The Morgan fingerprint density at radius 1 is 1.44 bits per heavy atom. The standard InChI is InChI=1S/C19H23N3O3/c1-11-12-5-6-16-14(8-20-21-16)15(12)9-22(10-19(2,3)4)18(25)13(11)7-17(23)24/h5-6,8,13H,1,7,9-10H2,2-4H3,(H,20,21)(H,23,24)/t13-/m0/s1. The fourth-order valence-corrected chi connectivity index (χ4v) is 3.46. The third kappa shape index (κ3) is 3.29. The molecule has 1 aliphatic heterocycles. The highest BCUT2D eigenvalue weighted by atomic mass is 16.4. The minimum atomic E-state index is -0.997. The number of rotatable bonds is 3. The number of benzene rings is 1. The van der Waals surface area contributed by atoms with E-state index in [-0.39, 0.29) is 17.7 Å². The first-order valence-electron chi connectivity index (χ1n) is 8.32. The number of carboxylic acids is 1. The second-order valence-corrected chi connectivity index (χ2v) is 7.85. The average Bonchev–Trinajstić information content (AvgIpc) is 2.95. The lowest BCUT2D eigenvalue weighted by molar-refractivity contribution is -0.143. The molecular weight excluding hydrogens is 318 g/mol. The van der Waals surface area contributed by atoms with Gasteiger partial charge in [-0.3, -0.25) is 14.7 Å². The molecule has 2 N–H and O–H groups in total. The Hall–Kier alpha value is -2.63. The maximum absolute atomic E-state index is 13.1. The van der Waals surface area contributed by atoms with Crippen molar-refractivity contribution in [3.05, 3.63) is 36.0 Å². The van der Waals surface area contributed by atoms with Crippen molar-refractivity contribution in [1.82, 2.24) is 15.1 Å². The summed E-state index contributed by atoms with van der Waals surface area (Å²) >= 11 is 0. The van der Waals surface area contributed by atoms with Crippen molar-refractivity contribution in [2.24, 2.45) is 11.3 Å². The number of aromatic nitrogens is 2. The molecule has 1 atom stereocenters. The summed E-state index contributed by atoms with van der Waals surface area (Å²) in [5, 5.41) is 17.3. The van der Waals surface area contributed by atoms with E-state index >= 15 is 0 Å². The molecule has 0 spiro atoms. The van der Waals surface area contributed by atoms with Gasteiger partial charge in [0.2, 0.25) is 5.91 Å². The van der Waals surface area contributed by atoms with Crippen LogP contribution in [0.4, 0.5) is 0 Å². The molecule has 0 saturated carbocycles. The lowest BCUT2D eigenvalue weighted by Crippen LogP contribution is -2.40. The van der Waals surface area contributed by atoms with E-state index in [1.165, 1.54) is 0 Å². The van der Waals surface area contributed by atoms with E-state index in [4.69, 9.17) is 0 Å². The topological polar surface area (TPSA) is 86.3 Å². The van der Waals surface area contributed by atoms with Gasteiger partial charge in [-0.25, -0.2) is 0 Å². The van der Waals surface area contributed by atoms with Gasteiger partial charge in [0.05, 0.1) is 24.1 Å². The van der Waals surface area contributed by atoms with Crippen molar-refractivity contribution in [2.45, 2.75) is 33.7 Å². The summed E-state index contributed by atoms with van der Waals surface area (Å²) in [6.45, 7) is 11.2. The number of carbonyl (C=O) groups is 2. The van der Waals surface area contributed by atoms with Crippen molar-refractivity contribution < 1.29 is 14.7 Å². The number of H-pyrrole nitrogens is 1. The molecule has 1 aromatic carbocycles. The molecule has 0 saturated heterocycles. The lowest BCUT2D eigenvalue weighted by Gasteiger charge is -2.31. The summed E-state index contributed by atoms with van der Waals surface area (Å²) in [7, 11) is 0. The van der Waals surface area contributed by atoms with Crippen LogP contribution in [0.1, 0.15) is 38.3 Å². The van der Waals surface area contributed by atoms with Crippen LogP contribution >= 0.6 is 0 Å². The van der Waals surface area contributed by atoms with Crippen molar-refractivity contribution >= 4 is 28.4 Å². The van der Waals surface area contributed by atoms with Gasteiger partial charge in [-0.05, 0) is 28.2 Å². The fourth-order valence-electron chi connectivity index (χ4n) is 3.46. The number of amides is 1. The minimum absolute atomic E-state index is 0.0977. The predicted molar refractivity (Wildman–Crippen MR) is 95.7 cm³/mol. The Kier molecular flexibility index (Phi) is 4.14. The van der Waals surface area contributed by atoms with E-state index in [9.17, 15) is 14.7 Å². The second kappa shape index (κ2) is 6.02. The molecule has 132 valence electrons. The first-order chi connectivity index (χ1) is 11.7. The van der Waals surface area contributed by atoms with Crippen LogP contribution in [0.15, 0.2) is 24.9 Å². The smallest absolute Gasteiger partial charge is 0.304 e. The molecule has 25 heavy (non-hydrogen) atoms. The number of carboxylic acid groups (broad SMARTS) is 1. The molecule has 0 fully saturated rings. The SMILES string of the molecule is C=C1c2ccc3[nH]ncc3c2CN(CC(C)(C)C)C(=O)[C@H]1CC(=O)O. The highest BCUT2D eigenvalue weighted by Crippen LogP contribution is 2.37. The van der Waals surface area contributed by atoms with Crippen LogP contribution in [0.25, 0.3) is 16.5 Å². The van der Waals surface area contributed by atoms with Crippen LogP contribution in [-0.2, 0) is 16.1 Å². The quantitative estimate of drug-likeness (QED) is 0.898. The summed E-state index contributed by atoms with van der Waals surface area (Å²) < 4.78 is 0. The van der Waals surface area contributed by atoms with Crippen LogP contribution in [0.3, 0.4) is 0 Å². The van der Waals surface area contributed by atoms with E-state index in [2.05, 4.69) is 37.5 Å². The van der Waals surface area contributed by atoms with E-state index in [0.29, 0.717) is 18.7 Å². The van der Waals surface area contributed by atoms with Crippen LogP contribution in [0.5, 0.6) is 0 Å². The Balaban J connectivity index is 2.15. The monoisotopic (exact) mass is 341 g/mol. The molecule has 0 unspecified atom stereocenters.